The molecule has 0 radical (unpaired) electrons. The van der Waals surface area contributed by atoms with Crippen molar-refractivity contribution in [1.82, 2.24) is 0 Å². The molecule has 1 unspecified atom stereocenters. The SMILES string of the molecule is CC(S)[C@H]1C[C@]1(C)c1c(F)cccc1Cl. The van der Waals surface area contributed by atoms with Gasteiger partial charge >= 0.3 is 0 Å². The first-order chi connectivity index (χ1) is 6.97. The van der Waals surface area contributed by atoms with Crippen molar-refractivity contribution < 1.29 is 4.39 Å². The zero-order valence-corrected chi connectivity index (χ0v) is 10.4. The molecule has 0 aliphatic heterocycles. The molecule has 3 atom stereocenters. The van der Waals surface area contributed by atoms with Gasteiger partial charge in [-0.1, -0.05) is 31.5 Å². The summed E-state index contributed by atoms with van der Waals surface area (Å²) in [5.41, 5.74) is 0.543. The lowest BCUT2D eigenvalue weighted by atomic mass is 9.94. The Morgan fingerprint density at radius 3 is 2.73 bits per heavy atom. The summed E-state index contributed by atoms with van der Waals surface area (Å²) in [4.78, 5) is 0. The Bertz CT molecular complexity index is 371. The third-order valence-corrected chi connectivity index (χ3v) is 4.09. The fourth-order valence-corrected chi connectivity index (χ4v) is 3.24. The van der Waals surface area contributed by atoms with Gasteiger partial charge in [-0.15, -0.1) is 0 Å². The van der Waals surface area contributed by atoms with Gasteiger partial charge in [0.25, 0.3) is 0 Å². The van der Waals surface area contributed by atoms with Crippen LogP contribution in [0.15, 0.2) is 18.2 Å². The van der Waals surface area contributed by atoms with E-state index in [0.717, 1.165) is 6.42 Å². The molecule has 82 valence electrons. The normalized spacial score (nSPS) is 31.4. The fourth-order valence-electron chi connectivity index (χ4n) is 2.43. The second-order valence-corrected chi connectivity index (χ2v) is 5.79. The second kappa shape index (κ2) is 3.67. The maximum Gasteiger partial charge on any atom is 0.128 e. The number of benzene rings is 1. The molecular formula is C12H14ClFS. The van der Waals surface area contributed by atoms with E-state index >= 15 is 0 Å². The Morgan fingerprint density at radius 1 is 1.60 bits per heavy atom. The largest absolute Gasteiger partial charge is 0.207 e. The van der Waals surface area contributed by atoms with E-state index in [0.29, 0.717) is 16.5 Å². The van der Waals surface area contributed by atoms with Crippen molar-refractivity contribution in [3.8, 4) is 0 Å². The van der Waals surface area contributed by atoms with Crippen LogP contribution in [0.5, 0.6) is 0 Å². The van der Waals surface area contributed by atoms with Crippen molar-refractivity contribution >= 4 is 24.2 Å². The van der Waals surface area contributed by atoms with E-state index in [4.69, 9.17) is 11.6 Å². The zero-order valence-electron chi connectivity index (χ0n) is 8.80. The highest BCUT2D eigenvalue weighted by Crippen LogP contribution is 2.58. The van der Waals surface area contributed by atoms with Gasteiger partial charge < -0.3 is 0 Å². The Balaban J connectivity index is 2.40. The Morgan fingerprint density at radius 2 is 2.27 bits per heavy atom. The van der Waals surface area contributed by atoms with Crippen LogP contribution < -0.4 is 0 Å². The topological polar surface area (TPSA) is 0 Å². The van der Waals surface area contributed by atoms with Crippen molar-refractivity contribution in [2.24, 2.45) is 5.92 Å². The lowest BCUT2D eigenvalue weighted by Crippen LogP contribution is -2.12. The highest BCUT2D eigenvalue weighted by atomic mass is 35.5. The third-order valence-electron chi connectivity index (χ3n) is 3.42. The van der Waals surface area contributed by atoms with Crippen molar-refractivity contribution in [2.75, 3.05) is 0 Å². The maximum atomic E-state index is 13.7. The average molecular weight is 245 g/mol. The summed E-state index contributed by atoms with van der Waals surface area (Å²) in [7, 11) is 0. The van der Waals surface area contributed by atoms with Crippen LogP contribution in [-0.2, 0) is 5.41 Å². The maximum absolute atomic E-state index is 13.7. The zero-order chi connectivity index (χ0) is 11.2. The van der Waals surface area contributed by atoms with Gasteiger partial charge in [0.1, 0.15) is 5.82 Å². The minimum absolute atomic E-state index is 0.121. The Hall–Kier alpha value is -0.210. The Labute approximate surface area is 100 Å². The van der Waals surface area contributed by atoms with Gasteiger partial charge in [0, 0.05) is 21.3 Å². The molecule has 15 heavy (non-hydrogen) atoms. The first-order valence-corrected chi connectivity index (χ1v) is 5.99. The highest BCUT2D eigenvalue weighted by Gasteiger charge is 2.54. The smallest absolute Gasteiger partial charge is 0.128 e. The molecule has 1 aliphatic rings. The summed E-state index contributed by atoms with van der Waals surface area (Å²) < 4.78 is 13.7. The van der Waals surface area contributed by atoms with Crippen molar-refractivity contribution in [3.05, 3.63) is 34.6 Å². The van der Waals surface area contributed by atoms with Gasteiger partial charge in [-0.05, 0) is 24.5 Å². The number of rotatable bonds is 2. The van der Waals surface area contributed by atoms with Crippen LogP contribution in [0.4, 0.5) is 4.39 Å². The van der Waals surface area contributed by atoms with Gasteiger partial charge in [0.15, 0.2) is 0 Å². The summed E-state index contributed by atoms with van der Waals surface area (Å²) in [6.07, 6.45) is 0.971. The molecule has 1 aromatic rings. The van der Waals surface area contributed by atoms with Gasteiger partial charge in [-0.3, -0.25) is 0 Å². The molecule has 0 spiro atoms. The summed E-state index contributed by atoms with van der Waals surface area (Å²) in [5, 5.41) is 0.819. The first-order valence-electron chi connectivity index (χ1n) is 5.09. The van der Waals surface area contributed by atoms with E-state index in [9.17, 15) is 4.39 Å². The molecule has 0 nitrogen and oxygen atoms in total. The molecule has 1 fully saturated rings. The van der Waals surface area contributed by atoms with E-state index in [-0.39, 0.29) is 16.5 Å². The van der Waals surface area contributed by atoms with Crippen LogP contribution in [0, 0.1) is 11.7 Å². The number of halogens is 2. The molecule has 0 N–H and O–H groups in total. The molecule has 0 heterocycles. The number of hydrogen-bond acceptors (Lipinski definition) is 1. The lowest BCUT2D eigenvalue weighted by Gasteiger charge is -2.16. The summed E-state index contributed by atoms with van der Waals surface area (Å²) in [6, 6.07) is 4.88. The molecule has 0 amide bonds. The molecule has 1 saturated carbocycles. The van der Waals surface area contributed by atoms with Crippen LogP contribution in [0.3, 0.4) is 0 Å². The third kappa shape index (κ3) is 1.78. The van der Waals surface area contributed by atoms with Crippen molar-refractivity contribution in [2.45, 2.75) is 30.9 Å². The summed E-state index contributed by atoms with van der Waals surface area (Å²) in [5.74, 6) is 0.233. The predicted octanol–water partition coefficient (Wildman–Crippen LogP) is 4.08. The van der Waals surface area contributed by atoms with Crippen LogP contribution >= 0.6 is 24.2 Å². The second-order valence-electron chi connectivity index (χ2n) is 4.57. The molecule has 2 rings (SSSR count). The average Bonchev–Trinajstić information content (AvgIpc) is 2.78. The molecule has 0 saturated heterocycles. The molecule has 3 heteroatoms. The van der Waals surface area contributed by atoms with E-state index in [2.05, 4.69) is 19.6 Å². The molecule has 1 aliphatic carbocycles. The molecule has 1 aromatic carbocycles. The van der Waals surface area contributed by atoms with E-state index < -0.39 is 0 Å². The molecule has 0 bridgehead atoms. The number of hydrogen-bond donors (Lipinski definition) is 1. The fraction of sp³-hybridized carbons (Fsp3) is 0.500. The minimum atomic E-state index is -0.193. The molecular weight excluding hydrogens is 231 g/mol. The van der Waals surface area contributed by atoms with Gasteiger partial charge in [-0.2, -0.15) is 12.6 Å². The predicted molar refractivity (Wildman–Crippen MR) is 65.3 cm³/mol. The van der Waals surface area contributed by atoms with Crippen molar-refractivity contribution in [3.63, 3.8) is 0 Å². The summed E-state index contributed by atoms with van der Waals surface area (Å²) in [6.45, 7) is 4.11. The standard InChI is InChI=1S/C12H14ClFS/c1-7(15)8-6-12(8,2)11-9(13)4-3-5-10(11)14/h3-5,7-8,15H,6H2,1-2H3/t7?,8-,12+/m1/s1. The van der Waals surface area contributed by atoms with Gasteiger partial charge in [-0.25, -0.2) is 4.39 Å². The van der Waals surface area contributed by atoms with E-state index in [1.165, 1.54) is 6.07 Å². The van der Waals surface area contributed by atoms with Crippen LogP contribution in [0.25, 0.3) is 0 Å². The minimum Gasteiger partial charge on any atom is -0.207 e. The first kappa shape index (κ1) is 11.3. The van der Waals surface area contributed by atoms with Crippen LogP contribution in [0.1, 0.15) is 25.8 Å². The van der Waals surface area contributed by atoms with Crippen molar-refractivity contribution in [1.29, 1.82) is 0 Å². The number of thiol groups is 1. The van der Waals surface area contributed by atoms with E-state index in [1.54, 1.807) is 12.1 Å². The molecule has 0 aromatic heterocycles. The van der Waals surface area contributed by atoms with Gasteiger partial charge in [0.05, 0.1) is 0 Å². The summed E-state index contributed by atoms with van der Waals surface area (Å²) >= 11 is 10.5. The highest BCUT2D eigenvalue weighted by molar-refractivity contribution is 7.80. The Kier molecular flexibility index (Phi) is 2.76. The lowest BCUT2D eigenvalue weighted by molar-refractivity contribution is 0.563. The van der Waals surface area contributed by atoms with Gasteiger partial charge in [0.2, 0.25) is 0 Å². The van der Waals surface area contributed by atoms with Crippen LogP contribution in [0.2, 0.25) is 5.02 Å². The van der Waals surface area contributed by atoms with E-state index in [1.807, 2.05) is 6.92 Å². The monoisotopic (exact) mass is 244 g/mol. The quantitative estimate of drug-likeness (QED) is 0.745. The van der Waals surface area contributed by atoms with Crippen LogP contribution in [-0.4, -0.2) is 5.25 Å².